The summed E-state index contributed by atoms with van der Waals surface area (Å²) in [7, 11) is -1.26. The van der Waals surface area contributed by atoms with Gasteiger partial charge in [-0.1, -0.05) is 53.6 Å². The fourth-order valence-electron chi connectivity index (χ4n) is 2.19. The molecule has 0 aliphatic heterocycles. The lowest BCUT2D eigenvalue weighted by Crippen LogP contribution is -2.13. The summed E-state index contributed by atoms with van der Waals surface area (Å²) in [6, 6.07) is 12.9. The van der Waals surface area contributed by atoms with E-state index in [2.05, 4.69) is 0 Å². The SMILES string of the molecule is Cc1ccc(C(=O)CS(=O)Cc2ccccc2Cl)c(C)c1. The second-order valence-electron chi connectivity index (χ2n) is 5.06. The van der Waals surface area contributed by atoms with E-state index in [1.54, 1.807) is 12.1 Å². The number of rotatable bonds is 5. The van der Waals surface area contributed by atoms with Crippen molar-refractivity contribution in [3.63, 3.8) is 0 Å². The van der Waals surface area contributed by atoms with Gasteiger partial charge in [0.05, 0.1) is 11.5 Å². The van der Waals surface area contributed by atoms with Crippen LogP contribution in [0, 0.1) is 13.8 Å². The monoisotopic (exact) mass is 320 g/mol. The molecule has 0 N–H and O–H groups in total. The van der Waals surface area contributed by atoms with Gasteiger partial charge in [-0.25, -0.2) is 0 Å². The summed E-state index contributed by atoms with van der Waals surface area (Å²) in [6.07, 6.45) is 0. The third-order valence-corrected chi connectivity index (χ3v) is 4.83. The molecule has 2 aromatic rings. The maximum atomic E-state index is 12.2. The molecule has 0 heterocycles. The van der Waals surface area contributed by atoms with Gasteiger partial charge in [0.15, 0.2) is 5.78 Å². The van der Waals surface area contributed by atoms with E-state index in [9.17, 15) is 9.00 Å². The van der Waals surface area contributed by atoms with Gasteiger partial charge in [0.1, 0.15) is 0 Å². The van der Waals surface area contributed by atoms with Gasteiger partial charge in [0.25, 0.3) is 0 Å². The summed E-state index contributed by atoms with van der Waals surface area (Å²) in [5.41, 5.74) is 3.50. The lowest BCUT2D eigenvalue weighted by atomic mass is 10.0. The molecule has 0 saturated carbocycles. The molecule has 0 bridgehead atoms. The molecule has 2 rings (SSSR count). The smallest absolute Gasteiger partial charge is 0.175 e. The molecular weight excluding hydrogens is 304 g/mol. The van der Waals surface area contributed by atoms with Crippen LogP contribution in [0.25, 0.3) is 0 Å². The molecule has 0 aromatic heterocycles. The summed E-state index contributed by atoms with van der Waals surface area (Å²) in [6.45, 7) is 3.88. The molecule has 1 atom stereocenters. The van der Waals surface area contributed by atoms with Crippen LogP contribution in [0.4, 0.5) is 0 Å². The topological polar surface area (TPSA) is 34.1 Å². The molecule has 0 fully saturated rings. The second-order valence-corrected chi connectivity index (χ2v) is 6.93. The molecule has 0 spiro atoms. The third kappa shape index (κ3) is 4.26. The molecule has 4 heteroatoms. The highest BCUT2D eigenvalue weighted by Gasteiger charge is 2.14. The van der Waals surface area contributed by atoms with Gasteiger partial charge in [-0.3, -0.25) is 9.00 Å². The summed E-state index contributed by atoms with van der Waals surface area (Å²) in [5.74, 6) is 0.240. The van der Waals surface area contributed by atoms with Gasteiger partial charge < -0.3 is 0 Å². The standard InChI is InChI=1S/C17H17ClO2S/c1-12-7-8-15(13(2)9-12)17(19)11-21(20)10-14-5-3-4-6-16(14)18/h3-9H,10-11H2,1-2H3. The Bertz CT molecular complexity index is 695. The molecule has 0 amide bonds. The summed E-state index contributed by atoms with van der Waals surface area (Å²) in [5, 5.41) is 0.588. The van der Waals surface area contributed by atoms with Gasteiger partial charge >= 0.3 is 0 Å². The van der Waals surface area contributed by atoms with Gasteiger partial charge in [0.2, 0.25) is 0 Å². The first-order valence-corrected chi connectivity index (χ1v) is 8.53. The quantitative estimate of drug-likeness (QED) is 0.778. The number of carbonyl (C=O) groups excluding carboxylic acids is 1. The number of hydrogen-bond acceptors (Lipinski definition) is 2. The molecule has 0 saturated heterocycles. The van der Waals surface area contributed by atoms with Crippen LogP contribution in [-0.2, 0) is 16.6 Å². The summed E-state index contributed by atoms with van der Waals surface area (Å²) in [4.78, 5) is 12.2. The van der Waals surface area contributed by atoms with Crippen LogP contribution >= 0.6 is 11.6 Å². The number of Topliss-reactive ketones (excluding diaryl/α,β-unsaturated/α-hetero) is 1. The molecule has 0 radical (unpaired) electrons. The van der Waals surface area contributed by atoms with Gasteiger partial charge in [0, 0.05) is 21.4 Å². The Hall–Kier alpha value is -1.45. The fraction of sp³-hybridized carbons (Fsp3) is 0.235. The molecular formula is C17H17ClO2S. The number of aryl methyl sites for hydroxylation is 2. The molecule has 2 aromatic carbocycles. The van der Waals surface area contributed by atoms with E-state index in [-0.39, 0.29) is 11.5 Å². The van der Waals surface area contributed by atoms with Crippen LogP contribution in [0.3, 0.4) is 0 Å². The summed E-state index contributed by atoms with van der Waals surface area (Å²) >= 11 is 6.05. The van der Waals surface area contributed by atoms with Gasteiger partial charge in [-0.15, -0.1) is 0 Å². The molecule has 0 aliphatic rings. The van der Waals surface area contributed by atoms with E-state index < -0.39 is 10.8 Å². The van der Waals surface area contributed by atoms with E-state index in [0.717, 1.165) is 16.7 Å². The largest absolute Gasteiger partial charge is 0.293 e. The van der Waals surface area contributed by atoms with Crippen molar-refractivity contribution in [1.29, 1.82) is 0 Å². The lowest BCUT2D eigenvalue weighted by Gasteiger charge is -2.07. The van der Waals surface area contributed by atoms with E-state index in [1.807, 2.05) is 44.2 Å². The minimum atomic E-state index is -1.26. The maximum Gasteiger partial charge on any atom is 0.175 e. The first-order chi connectivity index (χ1) is 9.97. The Morgan fingerprint density at radius 1 is 1.14 bits per heavy atom. The van der Waals surface area contributed by atoms with Crippen molar-refractivity contribution in [2.45, 2.75) is 19.6 Å². The first kappa shape index (κ1) is 15.9. The zero-order valence-electron chi connectivity index (χ0n) is 12.1. The van der Waals surface area contributed by atoms with Crippen LogP contribution in [0.5, 0.6) is 0 Å². The van der Waals surface area contributed by atoms with Crippen molar-refractivity contribution in [3.8, 4) is 0 Å². The predicted octanol–water partition coefficient (Wildman–Crippen LogP) is 4.09. The lowest BCUT2D eigenvalue weighted by molar-refractivity contribution is 0.102. The van der Waals surface area contributed by atoms with Crippen LogP contribution in [-0.4, -0.2) is 15.7 Å². The highest BCUT2D eigenvalue weighted by atomic mass is 35.5. The van der Waals surface area contributed by atoms with E-state index in [4.69, 9.17) is 11.6 Å². The first-order valence-electron chi connectivity index (χ1n) is 6.66. The van der Waals surface area contributed by atoms with Crippen molar-refractivity contribution in [3.05, 3.63) is 69.7 Å². The van der Waals surface area contributed by atoms with Gasteiger partial charge in [-0.05, 0) is 31.0 Å². The highest BCUT2D eigenvalue weighted by molar-refractivity contribution is 7.85. The van der Waals surface area contributed by atoms with Crippen LogP contribution in [0.15, 0.2) is 42.5 Å². The number of benzene rings is 2. The zero-order chi connectivity index (χ0) is 15.4. The maximum absolute atomic E-state index is 12.2. The minimum Gasteiger partial charge on any atom is -0.293 e. The Morgan fingerprint density at radius 2 is 1.86 bits per heavy atom. The number of ketones is 1. The average molecular weight is 321 g/mol. The Labute approximate surface area is 132 Å². The molecule has 1 unspecified atom stereocenters. The molecule has 110 valence electrons. The zero-order valence-corrected chi connectivity index (χ0v) is 13.6. The highest BCUT2D eigenvalue weighted by Crippen LogP contribution is 2.17. The van der Waals surface area contributed by atoms with Crippen molar-refractivity contribution in [2.24, 2.45) is 0 Å². The molecule has 2 nitrogen and oxygen atoms in total. The van der Waals surface area contributed by atoms with Crippen molar-refractivity contribution in [1.82, 2.24) is 0 Å². The van der Waals surface area contributed by atoms with Gasteiger partial charge in [-0.2, -0.15) is 0 Å². The van der Waals surface area contributed by atoms with Crippen LogP contribution in [0.2, 0.25) is 5.02 Å². The average Bonchev–Trinajstić information content (AvgIpc) is 2.41. The number of hydrogen-bond donors (Lipinski definition) is 0. The molecule has 0 aliphatic carbocycles. The van der Waals surface area contributed by atoms with Crippen LogP contribution in [0.1, 0.15) is 27.0 Å². The Morgan fingerprint density at radius 3 is 2.52 bits per heavy atom. The van der Waals surface area contributed by atoms with E-state index >= 15 is 0 Å². The van der Waals surface area contributed by atoms with E-state index in [1.165, 1.54) is 0 Å². The fourth-order valence-corrected chi connectivity index (χ4v) is 3.62. The Kier molecular flexibility index (Phi) is 5.32. The number of carbonyl (C=O) groups is 1. The van der Waals surface area contributed by atoms with Crippen molar-refractivity contribution < 1.29 is 9.00 Å². The van der Waals surface area contributed by atoms with E-state index in [0.29, 0.717) is 16.3 Å². The molecule has 21 heavy (non-hydrogen) atoms. The Balaban J connectivity index is 2.06. The number of halogens is 1. The minimum absolute atomic E-state index is 0.0229. The van der Waals surface area contributed by atoms with Crippen molar-refractivity contribution in [2.75, 3.05) is 5.75 Å². The van der Waals surface area contributed by atoms with Crippen LogP contribution < -0.4 is 0 Å². The normalized spacial score (nSPS) is 12.1. The third-order valence-electron chi connectivity index (χ3n) is 3.25. The predicted molar refractivity (Wildman–Crippen MR) is 88.4 cm³/mol. The van der Waals surface area contributed by atoms with Crippen molar-refractivity contribution >= 4 is 28.2 Å². The summed E-state index contributed by atoms with van der Waals surface area (Å²) < 4.78 is 12.2. The second kappa shape index (κ2) is 7.01.